The molecule has 0 radical (unpaired) electrons. The Balaban J connectivity index is 2.08. The third-order valence-corrected chi connectivity index (χ3v) is 4.39. The Morgan fingerprint density at radius 3 is 2.91 bits per heavy atom. The number of ether oxygens (including phenoxy) is 1. The molecule has 0 fully saturated rings. The Labute approximate surface area is 138 Å². The first-order valence-electron chi connectivity index (χ1n) is 7.53. The van der Waals surface area contributed by atoms with Crippen molar-refractivity contribution in [1.82, 2.24) is 9.38 Å². The van der Waals surface area contributed by atoms with Gasteiger partial charge in [-0.15, -0.1) is 11.3 Å². The molecular weight excluding hydrogens is 310 g/mol. The van der Waals surface area contributed by atoms with Crippen molar-refractivity contribution in [3.05, 3.63) is 40.9 Å². The molecule has 23 heavy (non-hydrogen) atoms. The fraction of sp³-hybridized carbons (Fsp3) is 0.294. The van der Waals surface area contributed by atoms with E-state index in [1.165, 1.54) is 0 Å². The third kappa shape index (κ3) is 3.07. The number of thiophene rings is 1. The molecule has 3 aromatic heterocycles. The van der Waals surface area contributed by atoms with Crippen LogP contribution < -0.4 is 5.32 Å². The van der Waals surface area contributed by atoms with Crippen molar-refractivity contribution in [2.24, 2.45) is 0 Å². The van der Waals surface area contributed by atoms with Crippen LogP contribution in [0.3, 0.4) is 0 Å². The molecule has 6 heteroatoms. The molecule has 0 aliphatic carbocycles. The van der Waals surface area contributed by atoms with Crippen LogP contribution in [0.1, 0.15) is 18.2 Å². The molecule has 3 rings (SSSR count). The minimum Gasteiger partial charge on any atom is -0.465 e. The maximum absolute atomic E-state index is 11.7. The summed E-state index contributed by atoms with van der Waals surface area (Å²) in [6.07, 6.45) is 0. The maximum Gasteiger partial charge on any atom is 0.325 e. The minimum absolute atomic E-state index is 0.118. The molecule has 3 heterocycles. The lowest BCUT2D eigenvalue weighted by Crippen LogP contribution is -2.18. The second-order valence-corrected chi connectivity index (χ2v) is 6.26. The number of carbonyl (C=O) groups excluding carboxylic acids is 1. The second-order valence-electron chi connectivity index (χ2n) is 5.31. The van der Waals surface area contributed by atoms with E-state index in [-0.39, 0.29) is 12.5 Å². The van der Waals surface area contributed by atoms with Crippen LogP contribution in [0.25, 0.3) is 16.2 Å². The van der Waals surface area contributed by atoms with Crippen molar-refractivity contribution >= 4 is 28.8 Å². The van der Waals surface area contributed by atoms with Gasteiger partial charge in [-0.05, 0) is 49.9 Å². The van der Waals surface area contributed by atoms with Gasteiger partial charge in [-0.25, -0.2) is 4.98 Å². The molecule has 5 nitrogen and oxygen atoms in total. The van der Waals surface area contributed by atoms with Gasteiger partial charge in [0, 0.05) is 5.69 Å². The van der Waals surface area contributed by atoms with Crippen molar-refractivity contribution in [1.29, 1.82) is 0 Å². The van der Waals surface area contributed by atoms with E-state index in [1.807, 2.05) is 34.9 Å². The number of hydrogen-bond acceptors (Lipinski definition) is 5. The SMILES string of the molecule is CCOC(=O)CNc1c(-c2cccs2)nc2cc(C)cc(C)n12. The highest BCUT2D eigenvalue weighted by Crippen LogP contribution is 2.33. The van der Waals surface area contributed by atoms with Gasteiger partial charge < -0.3 is 10.1 Å². The number of aryl methyl sites for hydroxylation is 2. The van der Waals surface area contributed by atoms with E-state index in [9.17, 15) is 4.79 Å². The zero-order chi connectivity index (χ0) is 16.4. The number of anilines is 1. The number of imidazole rings is 1. The molecular formula is C17H19N3O2S. The van der Waals surface area contributed by atoms with Gasteiger partial charge in [0.1, 0.15) is 23.7 Å². The van der Waals surface area contributed by atoms with E-state index in [4.69, 9.17) is 9.72 Å². The van der Waals surface area contributed by atoms with Crippen LogP contribution in [0.15, 0.2) is 29.6 Å². The summed E-state index contributed by atoms with van der Waals surface area (Å²) in [5.41, 5.74) is 3.96. The van der Waals surface area contributed by atoms with E-state index < -0.39 is 0 Å². The summed E-state index contributed by atoms with van der Waals surface area (Å²) in [6, 6.07) is 8.17. The largest absolute Gasteiger partial charge is 0.465 e. The summed E-state index contributed by atoms with van der Waals surface area (Å²) in [6.45, 7) is 6.39. The Morgan fingerprint density at radius 2 is 2.22 bits per heavy atom. The summed E-state index contributed by atoms with van der Waals surface area (Å²) in [4.78, 5) is 17.5. The van der Waals surface area contributed by atoms with Crippen molar-refractivity contribution in [3.63, 3.8) is 0 Å². The summed E-state index contributed by atoms with van der Waals surface area (Å²) < 4.78 is 7.05. The highest BCUT2D eigenvalue weighted by molar-refractivity contribution is 7.13. The normalized spacial score (nSPS) is 10.9. The topological polar surface area (TPSA) is 55.6 Å². The van der Waals surface area contributed by atoms with Gasteiger partial charge in [-0.2, -0.15) is 0 Å². The predicted octanol–water partition coefficient (Wildman–Crippen LogP) is 3.65. The lowest BCUT2D eigenvalue weighted by atomic mass is 10.2. The van der Waals surface area contributed by atoms with Crippen LogP contribution in [-0.2, 0) is 9.53 Å². The monoisotopic (exact) mass is 329 g/mol. The highest BCUT2D eigenvalue weighted by Gasteiger charge is 2.17. The maximum atomic E-state index is 11.7. The highest BCUT2D eigenvalue weighted by atomic mass is 32.1. The quantitative estimate of drug-likeness (QED) is 0.726. The molecule has 0 bridgehead atoms. The number of hydrogen-bond donors (Lipinski definition) is 1. The van der Waals surface area contributed by atoms with Crippen LogP contribution in [0.2, 0.25) is 0 Å². The molecule has 0 saturated heterocycles. The molecule has 0 aliphatic heterocycles. The van der Waals surface area contributed by atoms with Gasteiger partial charge in [-0.1, -0.05) is 6.07 Å². The number of nitrogens with one attached hydrogen (secondary N) is 1. The molecule has 0 saturated carbocycles. The Bertz CT molecular complexity index is 837. The van der Waals surface area contributed by atoms with E-state index in [0.29, 0.717) is 6.61 Å². The molecule has 0 unspecified atom stereocenters. The van der Waals surface area contributed by atoms with Crippen molar-refractivity contribution in [3.8, 4) is 10.6 Å². The number of rotatable bonds is 5. The fourth-order valence-corrected chi connectivity index (χ4v) is 3.36. The molecule has 0 amide bonds. The lowest BCUT2D eigenvalue weighted by molar-refractivity contribution is -0.140. The van der Waals surface area contributed by atoms with Gasteiger partial charge in [0.2, 0.25) is 0 Å². The summed E-state index contributed by atoms with van der Waals surface area (Å²) in [7, 11) is 0. The average Bonchev–Trinajstić information content (AvgIpc) is 3.12. The zero-order valence-corrected chi connectivity index (χ0v) is 14.2. The molecule has 3 aromatic rings. The van der Waals surface area contributed by atoms with E-state index in [2.05, 4.69) is 18.3 Å². The van der Waals surface area contributed by atoms with Crippen molar-refractivity contribution < 1.29 is 9.53 Å². The Morgan fingerprint density at radius 1 is 1.39 bits per heavy atom. The summed E-state index contributed by atoms with van der Waals surface area (Å²) in [5, 5.41) is 5.22. The zero-order valence-electron chi connectivity index (χ0n) is 13.4. The first-order valence-corrected chi connectivity index (χ1v) is 8.41. The smallest absolute Gasteiger partial charge is 0.325 e. The fourth-order valence-electron chi connectivity index (χ4n) is 2.65. The summed E-state index contributed by atoms with van der Waals surface area (Å²) >= 11 is 1.63. The average molecular weight is 329 g/mol. The lowest BCUT2D eigenvalue weighted by Gasteiger charge is -2.10. The number of carbonyl (C=O) groups is 1. The summed E-state index contributed by atoms with van der Waals surface area (Å²) in [5.74, 6) is 0.553. The minimum atomic E-state index is -0.274. The van der Waals surface area contributed by atoms with Crippen LogP contribution >= 0.6 is 11.3 Å². The Hall–Kier alpha value is -2.34. The van der Waals surface area contributed by atoms with E-state index in [0.717, 1.165) is 33.3 Å². The van der Waals surface area contributed by atoms with Crippen LogP contribution in [-0.4, -0.2) is 28.5 Å². The van der Waals surface area contributed by atoms with Crippen LogP contribution in [0, 0.1) is 13.8 Å². The number of pyridine rings is 1. The van der Waals surface area contributed by atoms with Crippen molar-refractivity contribution in [2.45, 2.75) is 20.8 Å². The third-order valence-electron chi connectivity index (χ3n) is 3.51. The van der Waals surface area contributed by atoms with Gasteiger partial charge >= 0.3 is 5.97 Å². The first kappa shape index (κ1) is 15.6. The molecule has 0 spiro atoms. The standard InChI is InChI=1S/C17H19N3O2S/c1-4-22-15(21)10-18-17-16(13-6-5-7-23-13)19-14-9-11(2)8-12(3)20(14)17/h5-9,18H,4,10H2,1-3H3. The van der Waals surface area contributed by atoms with Crippen LogP contribution in [0.4, 0.5) is 5.82 Å². The Kier molecular flexibility index (Phi) is 4.34. The molecule has 1 N–H and O–H groups in total. The number of aromatic nitrogens is 2. The van der Waals surface area contributed by atoms with Gasteiger partial charge in [0.15, 0.2) is 0 Å². The van der Waals surface area contributed by atoms with E-state index in [1.54, 1.807) is 18.3 Å². The molecule has 120 valence electrons. The second kappa shape index (κ2) is 6.42. The molecule has 0 aromatic carbocycles. The number of esters is 1. The van der Waals surface area contributed by atoms with Gasteiger partial charge in [0.05, 0.1) is 11.5 Å². The van der Waals surface area contributed by atoms with Gasteiger partial charge in [0.25, 0.3) is 0 Å². The van der Waals surface area contributed by atoms with Crippen LogP contribution in [0.5, 0.6) is 0 Å². The number of nitrogens with zero attached hydrogens (tertiary/aromatic N) is 2. The van der Waals surface area contributed by atoms with E-state index >= 15 is 0 Å². The van der Waals surface area contributed by atoms with Crippen molar-refractivity contribution in [2.75, 3.05) is 18.5 Å². The molecule has 0 aliphatic rings. The molecule has 0 atom stereocenters. The predicted molar refractivity (Wildman–Crippen MR) is 93.1 cm³/mol. The number of fused-ring (bicyclic) bond motifs is 1. The first-order chi connectivity index (χ1) is 11.1. The van der Waals surface area contributed by atoms with Gasteiger partial charge in [-0.3, -0.25) is 9.20 Å².